The van der Waals surface area contributed by atoms with Gasteiger partial charge in [-0.25, -0.2) is 8.78 Å². The fourth-order valence-electron chi connectivity index (χ4n) is 3.09. The van der Waals surface area contributed by atoms with Gasteiger partial charge in [0, 0.05) is 12.5 Å². The van der Waals surface area contributed by atoms with Crippen LogP contribution in [0.1, 0.15) is 29.4 Å². The summed E-state index contributed by atoms with van der Waals surface area (Å²) >= 11 is 0. The Morgan fingerprint density at radius 2 is 1.70 bits per heavy atom. The summed E-state index contributed by atoms with van der Waals surface area (Å²) in [4.78, 5) is 0. The zero-order valence-corrected chi connectivity index (χ0v) is 11.2. The zero-order valence-electron chi connectivity index (χ0n) is 11.2. The summed E-state index contributed by atoms with van der Waals surface area (Å²) in [6.07, 6.45) is 0.819. The van der Waals surface area contributed by atoms with E-state index in [9.17, 15) is 8.78 Å². The average Bonchev–Trinajstić information content (AvgIpc) is 2.51. The van der Waals surface area contributed by atoms with E-state index in [1.165, 1.54) is 11.6 Å². The highest BCUT2D eigenvalue weighted by Gasteiger charge is 2.30. The fraction of sp³-hybridized carbons (Fsp3) is 0.294. The number of nitrogens with one attached hydrogen (secondary N) is 1. The minimum atomic E-state index is -0.757. The standard InChI is InChI=1S/C17H17F2N/c18-16-8-4-7-14(17(16)19)13-9-10-20-11-15(13)12-5-2-1-3-6-12/h1-8,13,15,20H,9-11H2. The van der Waals surface area contributed by atoms with Gasteiger partial charge in [0.2, 0.25) is 0 Å². The van der Waals surface area contributed by atoms with Crippen molar-refractivity contribution in [1.29, 1.82) is 0 Å². The van der Waals surface area contributed by atoms with Gasteiger partial charge in [0.1, 0.15) is 0 Å². The molecule has 1 nitrogen and oxygen atoms in total. The highest BCUT2D eigenvalue weighted by Crippen LogP contribution is 2.38. The molecule has 1 N–H and O–H groups in total. The largest absolute Gasteiger partial charge is 0.316 e. The molecule has 0 spiro atoms. The fourth-order valence-corrected chi connectivity index (χ4v) is 3.09. The van der Waals surface area contributed by atoms with Crippen molar-refractivity contribution < 1.29 is 8.78 Å². The molecule has 104 valence electrons. The van der Waals surface area contributed by atoms with Crippen molar-refractivity contribution in [2.75, 3.05) is 13.1 Å². The summed E-state index contributed by atoms with van der Waals surface area (Å²) in [5.74, 6) is -1.25. The van der Waals surface area contributed by atoms with Crippen molar-refractivity contribution in [1.82, 2.24) is 5.32 Å². The lowest BCUT2D eigenvalue weighted by molar-refractivity contribution is 0.386. The lowest BCUT2D eigenvalue weighted by Gasteiger charge is -2.33. The Hall–Kier alpha value is -1.74. The SMILES string of the molecule is Fc1cccc(C2CCNCC2c2ccccc2)c1F. The summed E-state index contributed by atoms with van der Waals surface area (Å²) in [5.41, 5.74) is 1.67. The van der Waals surface area contributed by atoms with E-state index in [1.807, 2.05) is 18.2 Å². The first kappa shape index (κ1) is 13.3. The van der Waals surface area contributed by atoms with E-state index in [-0.39, 0.29) is 11.8 Å². The smallest absolute Gasteiger partial charge is 0.162 e. The molecule has 1 saturated heterocycles. The summed E-state index contributed by atoms with van der Waals surface area (Å²) < 4.78 is 27.6. The van der Waals surface area contributed by atoms with Crippen molar-refractivity contribution in [2.45, 2.75) is 18.3 Å². The Morgan fingerprint density at radius 3 is 2.50 bits per heavy atom. The molecule has 0 amide bonds. The Morgan fingerprint density at radius 1 is 0.900 bits per heavy atom. The van der Waals surface area contributed by atoms with Crippen molar-refractivity contribution in [3.8, 4) is 0 Å². The van der Waals surface area contributed by atoms with Crippen LogP contribution in [0.25, 0.3) is 0 Å². The molecular weight excluding hydrogens is 256 g/mol. The van der Waals surface area contributed by atoms with Gasteiger partial charge < -0.3 is 5.32 Å². The highest BCUT2D eigenvalue weighted by molar-refractivity contribution is 5.31. The summed E-state index contributed by atoms with van der Waals surface area (Å²) in [7, 11) is 0. The Labute approximate surface area is 117 Å². The van der Waals surface area contributed by atoms with Gasteiger partial charge in [0.15, 0.2) is 11.6 Å². The van der Waals surface area contributed by atoms with Gasteiger partial charge in [-0.15, -0.1) is 0 Å². The Kier molecular flexibility index (Phi) is 3.79. The number of rotatable bonds is 2. The lowest BCUT2D eigenvalue weighted by atomic mass is 9.77. The van der Waals surface area contributed by atoms with Gasteiger partial charge >= 0.3 is 0 Å². The molecule has 1 fully saturated rings. The molecule has 0 radical (unpaired) electrons. The van der Waals surface area contributed by atoms with E-state index >= 15 is 0 Å². The first-order valence-electron chi connectivity index (χ1n) is 6.97. The molecule has 2 atom stereocenters. The van der Waals surface area contributed by atoms with Gasteiger partial charge in [-0.05, 0) is 36.1 Å². The normalized spacial score (nSPS) is 22.7. The van der Waals surface area contributed by atoms with Crippen LogP contribution in [0.3, 0.4) is 0 Å². The first-order valence-corrected chi connectivity index (χ1v) is 6.97. The number of hydrogen-bond acceptors (Lipinski definition) is 1. The maximum Gasteiger partial charge on any atom is 0.162 e. The maximum absolute atomic E-state index is 14.1. The average molecular weight is 273 g/mol. The molecule has 3 heteroatoms. The van der Waals surface area contributed by atoms with Gasteiger partial charge in [-0.3, -0.25) is 0 Å². The lowest BCUT2D eigenvalue weighted by Crippen LogP contribution is -2.34. The van der Waals surface area contributed by atoms with Crippen LogP contribution in [0.2, 0.25) is 0 Å². The topological polar surface area (TPSA) is 12.0 Å². The van der Waals surface area contributed by atoms with Crippen LogP contribution in [-0.2, 0) is 0 Å². The van der Waals surface area contributed by atoms with Crippen molar-refractivity contribution in [3.63, 3.8) is 0 Å². The van der Waals surface area contributed by atoms with Crippen LogP contribution in [0.5, 0.6) is 0 Å². The van der Waals surface area contributed by atoms with Crippen molar-refractivity contribution >= 4 is 0 Å². The number of hydrogen-bond donors (Lipinski definition) is 1. The molecule has 0 aromatic heterocycles. The van der Waals surface area contributed by atoms with Crippen molar-refractivity contribution in [3.05, 3.63) is 71.3 Å². The predicted octanol–water partition coefficient (Wildman–Crippen LogP) is 3.83. The molecule has 0 bridgehead atoms. The molecule has 1 aliphatic heterocycles. The minimum absolute atomic E-state index is 0.0225. The monoisotopic (exact) mass is 273 g/mol. The molecule has 0 aliphatic carbocycles. The molecule has 0 saturated carbocycles. The Balaban J connectivity index is 1.99. The van der Waals surface area contributed by atoms with Gasteiger partial charge in [0.25, 0.3) is 0 Å². The number of benzene rings is 2. The van der Waals surface area contributed by atoms with Gasteiger partial charge in [-0.1, -0.05) is 42.5 Å². The molecule has 3 rings (SSSR count). The first-order chi connectivity index (χ1) is 9.77. The molecular formula is C17H17F2N. The van der Waals surface area contributed by atoms with Gasteiger partial charge in [0.05, 0.1) is 0 Å². The van der Waals surface area contributed by atoms with Crippen LogP contribution in [0.4, 0.5) is 8.78 Å². The molecule has 2 unspecified atom stereocenters. The molecule has 20 heavy (non-hydrogen) atoms. The third-order valence-electron chi connectivity index (χ3n) is 4.09. The molecule has 2 aromatic carbocycles. The molecule has 2 aromatic rings. The maximum atomic E-state index is 14.1. The van der Waals surface area contributed by atoms with E-state index < -0.39 is 11.6 Å². The van der Waals surface area contributed by atoms with Crippen LogP contribution >= 0.6 is 0 Å². The van der Waals surface area contributed by atoms with E-state index in [2.05, 4.69) is 17.4 Å². The third kappa shape index (κ3) is 2.46. The zero-order chi connectivity index (χ0) is 13.9. The van der Waals surface area contributed by atoms with E-state index in [0.29, 0.717) is 5.56 Å². The van der Waals surface area contributed by atoms with Crippen LogP contribution in [0.15, 0.2) is 48.5 Å². The molecule has 1 heterocycles. The van der Waals surface area contributed by atoms with Gasteiger partial charge in [-0.2, -0.15) is 0 Å². The van der Waals surface area contributed by atoms with E-state index in [0.717, 1.165) is 19.5 Å². The number of piperidine rings is 1. The third-order valence-corrected chi connectivity index (χ3v) is 4.09. The van der Waals surface area contributed by atoms with Crippen LogP contribution in [-0.4, -0.2) is 13.1 Å². The van der Waals surface area contributed by atoms with E-state index in [4.69, 9.17) is 0 Å². The minimum Gasteiger partial charge on any atom is -0.316 e. The second kappa shape index (κ2) is 5.71. The number of halogens is 2. The van der Waals surface area contributed by atoms with Crippen LogP contribution in [0, 0.1) is 11.6 Å². The summed E-state index contributed by atoms with van der Waals surface area (Å²) in [6, 6.07) is 14.5. The van der Waals surface area contributed by atoms with Crippen molar-refractivity contribution in [2.24, 2.45) is 0 Å². The summed E-state index contributed by atoms with van der Waals surface area (Å²) in [5, 5.41) is 3.35. The second-order valence-corrected chi connectivity index (χ2v) is 5.26. The summed E-state index contributed by atoms with van der Waals surface area (Å²) in [6.45, 7) is 1.63. The Bertz CT molecular complexity index is 583. The quantitative estimate of drug-likeness (QED) is 0.877. The second-order valence-electron chi connectivity index (χ2n) is 5.26. The molecule has 1 aliphatic rings. The highest BCUT2D eigenvalue weighted by atomic mass is 19.2. The van der Waals surface area contributed by atoms with Crippen LogP contribution < -0.4 is 5.32 Å². The predicted molar refractivity (Wildman–Crippen MR) is 75.8 cm³/mol. The van der Waals surface area contributed by atoms with E-state index in [1.54, 1.807) is 12.1 Å².